The predicted octanol–water partition coefficient (Wildman–Crippen LogP) is 5.59. The third-order valence-electron chi connectivity index (χ3n) is 6.80. The Morgan fingerprint density at radius 3 is 2.22 bits per heavy atom. The summed E-state index contributed by atoms with van der Waals surface area (Å²) in [7, 11) is 0. The Hall–Kier alpha value is -3.02. The molecule has 0 unspecified atom stereocenters. The van der Waals surface area contributed by atoms with Crippen LogP contribution in [0, 0.1) is 6.92 Å². The molecule has 6 heteroatoms. The van der Waals surface area contributed by atoms with Crippen molar-refractivity contribution in [2.45, 2.75) is 91.3 Å². The van der Waals surface area contributed by atoms with E-state index in [0.717, 1.165) is 36.8 Å². The number of ether oxygens (including phenoxy) is 2. The Balaban J connectivity index is 1.76. The molecule has 1 aliphatic carbocycles. The highest BCUT2D eigenvalue weighted by Crippen LogP contribution is 2.29. The molecule has 0 spiro atoms. The summed E-state index contributed by atoms with van der Waals surface area (Å²) in [5.74, 6) is 1.36. The fraction of sp³-hybridized carbons (Fsp3) is 0.533. The topological polar surface area (TPSA) is 67.9 Å². The number of nitrogens with one attached hydrogen (secondary N) is 1. The van der Waals surface area contributed by atoms with E-state index in [1.807, 2.05) is 70.2 Å². The van der Waals surface area contributed by atoms with Crippen molar-refractivity contribution in [1.29, 1.82) is 0 Å². The lowest BCUT2D eigenvalue weighted by Gasteiger charge is -2.31. The first kappa shape index (κ1) is 27.6. The van der Waals surface area contributed by atoms with Gasteiger partial charge in [0.05, 0.1) is 13.2 Å². The average Bonchev–Trinajstić information content (AvgIpc) is 3.38. The zero-order valence-electron chi connectivity index (χ0n) is 22.3. The molecule has 1 atom stereocenters. The number of hydrogen-bond acceptors (Lipinski definition) is 4. The summed E-state index contributed by atoms with van der Waals surface area (Å²) >= 11 is 0. The Kier molecular flexibility index (Phi) is 10.6. The zero-order valence-corrected chi connectivity index (χ0v) is 22.3. The maximum atomic E-state index is 13.6. The van der Waals surface area contributed by atoms with E-state index in [0.29, 0.717) is 50.5 Å². The normalized spacial score (nSPS) is 14.3. The first-order chi connectivity index (χ1) is 17.4. The lowest BCUT2D eigenvalue weighted by atomic mass is 10.0. The maximum Gasteiger partial charge on any atom is 0.243 e. The van der Waals surface area contributed by atoms with Crippen LogP contribution in [-0.2, 0) is 22.6 Å². The molecule has 0 bridgehead atoms. The van der Waals surface area contributed by atoms with Crippen LogP contribution in [-0.4, -0.2) is 42.0 Å². The van der Waals surface area contributed by atoms with E-state index in [4.69, 9.17) is 9.47 Å². The molecule has 2 aromatic rings. The van der Waals surface area contributed by atoms with Gasteiger partial charge in [-0.05, 0) is 69.7 Å². The third kappa shape index (κ3) is 7.74. The van der Waals surface area contributed by atoms with Crippen molar-refractivity contribution < 1.29 is 19.1 Å². The molecule has 0 heterocycles. The van der Waals surface area contributed by atoms with Gasteiger partial charge in [0.1, 0.15) is 6.04 Å². The molecule has 196 valence electrons. The summed E-state index contributed by atoms with van der Waals surface area (Å²) in [6.45, 7) is 9.44. The highest BCUT2D eigenvalue weighted by Gasteiger charge is 2.30. The molecule has 1 saturated carbocycles. The quantitative estimate of drug-likeness (QED) is 0.394. The first-order valence-electron chi connectivity index (χ1n) is 13.5. The number of rotatable bonds is 13. The van der Waals surface area contributed by atoms with Crippen molar-refractivity contribution in [3.63, 3.8) is 0 Å². The molecule has 1 N–H and O–H groups in total. The van der Waals surface area contributed by atoms with Gasteiger partial charge in [0.15, 0.2) is 11.5 Å². The number of carbonyl (C=O) groups is 2. The van der Waals surface area contributed by atoms with E-state index in [1.165, 1.54) is 5.56 Å². The van der Waals surface area contributed by atoms with E-state index < -0.39 is 6.04 Å². The summed E-state index contributed by atoms with van der Waals surface area (Å²) in [5.41, 5.74) is 3.21. The number of benzene rings is 2. The second kappa shape index (κ2) is 13.9. The molecule has 0 saturated heterocycles. The van der Waals surface area contributed by atoms with Crippen molar-refractivity contribution >= 4 is 11.8 Å². The molecule has 0 aliphatic heterocycles. The van der Waals surface area contributed by atoms with Gasteiger partial charge in [-0.1, -0.05) is 55.7 Å². The molecular weight excluding hydrogens is 452 g/mol. The lowest BCUT2D eigenvalue weighted by Crippen LogP contribution is -2.51. The van der Waals surface area contributed by atoms with Gasteiger partial charge >= 0.3 is 0 Å². The van der Waals surface area contributed by atoms with E-state index in [-0.39, 0.29) is 17.9 Å². The van der Waals surface area contributed by atoms with Crippen molar-refractivity contribution in [1.82, 2.24) is 10.2 Å². The summed E-state index contributed by atoms with van der Waals surface area (Å²) in [4.78, 5) is 28.6. The largest absolute Gasteiger partial charge is 0.490 e. The van der Waals surface area contributed by atoms with E-state index in [9.17, 15) is 9.59 Å². The van der Waals surface area contributed by atoms with Gasteiger partial charge in [-0.25, -0.2) is 0 Å². The van der Waals surface area contributed by atoms with Gasteiger partial charge < -0.3 is 19.7 Å². The van der Waals surface area contributed by atoms with Crippen molar-refractivity contribution in [3.05, 3.63) is 59.2 Å². The van der Waals surface area contributed by atoms with Crippen LogP contribution < -0.4 is 14.8 Å². The van der Waals surface area contributed by atoms with Crippen LogP contribution in [0.3, 0.4) is 0 Å². The number of hydrogen-bond donors (Lipinski definition) is 1. The molecule has 1 aliphatic rings. The minimum atomic E-state index is -0.487. The standard InChI is InChI=1S/C30H42N2O4/c1-5-26(30(34)31-25-10-8-9-11-25)32(21-24-14-12-22(4)13-15-24)29(33)19-17-23-16-18-27(35-6-2)28(20-23)36-7-3/h12-16,18,20,25-26H,5-11,17,19,21H2,1-4H3,(H,31,34)/t26-/m1/s1. The minimum Gasteiger partial charge on any atom is -0.490 e. The summed E-state index contributed by atoms with van der Waals surface area (Å²) in [6, 6.07) is 13.8. The number of aryl methyl sites for hydroxylation is 2. The van der Waals surface area contributed by atoms with Crippen LogP contribution in [0.2, 0.25) is 0 Å². The van der Waals surface area contributed by atoms with Crippen molar-refractivity contribution in [2.75, 3.05) is 13.2 Å². The van der Waals surface area contributed by atoms with Gasteiger partial charge in [-0.3, -0.25) is 9.59 Å². The van der Waals surface area contributed by atoms with Crippen LogP contribution >= 0.6 is 0 Å². The monoisotopic (exact) mass is 494 g/mol. The number of amides is 2. The van der Waals surface area contributed by atoms with Gasteiger partial charge in [-0.2, -0.15) is 0 Å². The van der Waals surface area contributed by atoms with E-state index in [2.05, 4.69) is 5.32 Å². The van der Waals surface area contributed by atoms with Gasteiger partial charge in [-0.15, -0.1) is 0 Å². The summed E-state index contributed by atoms with van der Waals surface area (Å²) in [6.07, 6.45) is 5.81. The number of nitrogens with zero attached hydrogens (tertiary/aromatic N) is 1. The summed E-state index contributed by atoms with van der Waals surface area (Å²) < 4.78 is 11.4. The van der Waals surface area contributed by atoms with Crippen molar-refractivity contribution in [3.8, 4) is 11.5 Å². The Bertz CT molecular complexity index is 983. The lowest BCUT2D eigenvalue weighted by molar-refractivity contribution is -0.141. The van der Waals surface area contributed by atoms with E-state index >= 15 is 0 Å². The highest BCUT2D eigenvalue weighted by molar-refractivity contribution is 5.88. The predicted molar refractivity (Wildman–Crippen MR) is 143 cm³/mol. The minimum absolute atomic E-state index is 0.0177. The third-order valence-corrected chi connectivity index (χ3v) is 6.80. The number of carbonyl (C=O) groups excluding carboxylic acids is 2. The fourth-order valence-electron chi connectivity index (χ4n) is 4.82. The molecule has 3 rings (SSSR count). The smallest absolute Gasteiger partial charge is 0.243 e. The van der Waals surface area contributed by atoms with E-state index in [1.54, 1.807) is 4.90 Å². The average molecular weight is 495 g/mol. The van der Waals surface area contributed by atoms with Crippen LogP contribution in [0.15, 0.2) is 42.5 Å². The van der Waals surface area contributed by atoms with Crippen LogP contribution in [0.1, 0.15) is 76.0 Å². The van der Waals surface area contributed by atoms with Crippen LogP contribution in [0.25, 0.3) is 0 Å². The molecule has 6 nitrogen and oxygen atoms in total. The summed E-state index contributed by atoms with van der Waals surface area (Å²) in [5, 5.41) is 3.21. The molecule has 2 aromatic carbocycles. The Labute approximate surface area is 216 Å². The second-order valence-electron chi connectivity index (χ2n) is 9.57. The Morgan fingerprint density at radius 1 is 0.944 bits per heavy atom. The van der Waals surface area contributed by atoms with Gasteiger partial charge in [0, 0.05) is 19.0 Å². The fourth-order valence-corrected chi connectivity index (χ4v) is 4.82. The zero-order chi connectivity index (χ0) is 25.9. The molecule has 0 radical (unpaired) electrons. The second-order valence-corrected chi connectivity index (χ2v) is 9.57. The molecule has 0 aromatic heterocycles. The van der Waals surface area contributed by atoms with Crippen LogP contribution in [0.5, 0.6) is 11.5 Å². The molecule has 2 amide bonds. The maximum absolute atomic E-state index is 13.6. The molecular formula is C30H42N2O4. The van der Waals surface area contributed by atoms with Crippen LogP contribution in [0.4, 0.5) is 0 Å². The Morgan fingerprint density at radius 2 is 1.58 bits per heavy atom. The SMILES string of the molecule is CCOc1ccc(CCC(=O)N(Cc2ccc(C)cc2)[C@H](CC)C(=O)NC2CCCC2)cc1OCC. The van der Waals surface area contributed by atoms with Crippen molar-refractivity contribution in [2.24, 2.45) is 0 Å². The highest BCUT2D eigenvalue weighted by atomic mass is 16.5. The van der Waals surface area contributed by atoms with Gasteiger partial charge in [0.25, 0.3) is 0 Å². The first-order valence-corrected chi connectivity index (χ1v) is 13.5. The molecule has 1 fully saturated rings. The van der Waals surface area contributed by atoms with Gasteiger partial charge in [0.2, 0.25) is 11.8 Å². The molecule has 36 heavy (non-hydrogen) atoms.